The number of nitrogens with zero attached hydrogens (tertiary/aromatic N) is 2. The maximum atomic E-state index is 12.0. The molecular formula is C14H17N3O2. The van der Waals surface area contributed by atoms with Crippen molar-refractivity contribution in [3.63, 3.8) is 0 Å². The number of aromatic nitrogens is 2. The van der Waals surface area contributed by atoms with E-state index in [1.165, 1.54) is 0 Å². The summed E-state index contributed by atoms with van der Waals surface area (Å²) in [6.45, 7) is 0.917. The molecule has 1 fully saturated rings. The molecule has 1 unspecified atom stereocenters. The van der Waals surface area contributed by atoms with Crippen LogP contribution < -0.4 is 0 Å². The molecule has 2 aromatic rings. The topological polar surface area (TPSA) is 58.2 Å². The number of benzene rings is 1. The summed E-state index contributed by atoms with van der Waals surface area (Å²) >= 11 is 0. The Labute approximate surface area is 111 Å². The van der Waals surface area contributed by atoms with Crippen molar-refractivity contribution in [1.82, 2.24) is 14.9 Å². The lowest BCUT2D eigenvalue weighted by Crippen LogP contribution is -2.33. The molecule has 0 radical (unpaired) electrons. The summed E-state index contributed by atoms with van der Waals surface area (Å²) in [5.74, 6) is 0.911. The molecule has 5 heteroatoms. The van der Waals surface area contributed by atoms with Gasteiger partial charge < -0.3 is 14.6 Å². The van der Waals surface area contributed by atoms with Gasteiger partial charge in [-0.05, 0) is 25.0 Å². The number of methoxy groups -OCH3 is 1. The molecule has 0 aliphatic carbocycles. The van der Waals surface area contributed by atoms with Gasteiger partial charge in [0.25, 0.3) is 0 Å². The van der Waals surface area contributed by atoms with Gasteiger partial charge in [0.05, 0.1) is 17.1 Å². The van der Waals surface area contributed by atoms with E-state index in [2.05, 4.69) is 9.97 Å². The van der Waals surface area contributed by atoms with Crippen molar-refractivity contribution < 1.29 is 9.53 Å². The van der Waals surface area contributed by atoms with Crippen molar-refractivity contribution in [2.24, 2.45) is 0 Å². The Hall–Kier alpha value is -1.88. The molecule has 1 aliphatic heterocycles. The third-order valence-corrected chi connectivity index (χ3v) is 3.56. The van der Waals surface area contributed by atoms with E-state index in [1.54, 1.807) is 7.11 Å². The summed E-state index contributed by atoms with van der Waals surface area (Å²) in [4.78, 5) is 21.8. The molecule has 1 atom stereocenters. The Morgan fingerprint density at radius 3 is 3.16 bits per heavy atom. The van der Waals surface area contributed by atoms with Gasteiger partial charge in [-0.15, -0.1) is 0 Å². The van der Waals surface area contributed by atoms with Crippen LogP contribution in [-0.2, 0) is 9.53 Å². The van der Waals surface area contributed by atoms with Gasteiger partial charge in [-0.3, -0.25) is 4.79 Å². The Balaban J connectivity index is 1.89. The molecule has 1 saturated heterocycles. The second kappa shape index (κ2) is 5.01. The van der Waals surface area contributed by atoms with Gasteiger partial charge >= 0.3 is 0 Å². The maximum Gasteiger partial charge on any atom is 0.249 e. The molecule has 2 heterocycles. The van der Waals surface area contributed by atoms with E-state index in [9.17, 15) is 4.79 Å². The summed E-state index contributed by atoms with van der Waals surface area (Å²) in [5.41, 5.74) is 1.96. The third-order valence-electron chi connectivity index (χ3n) is 3.56. The minimum Gasteiger partial charge on any atom is -0.375 e. The van der Waals surface area contributed by atoms with Gasteiger partial charge in [0.1, 0.15) is 12.4 Å². The number of para-hydroxylation sites is 2. The van der Waals surface area contributed by atoms with Crippen LogP contribution in [0.3, 0.4) is 0 Å². The Morgan fingerprint density at radius 1 is 1.53 bits per heavy atom. The lowest BCUT2D eigenvalue weighted by atomic mass is 10.2. The van der Waals surface area contributed by atoms with E-state index in [0.29, 0.717) is 0 Å². The highest BCUT2D eigenvalue weighted by atomic mass is 16.5. The zero-order valence-corrected chi connectivity index (χ0v) is 10.9. The average Bonchev–Trinajstić information content (AvgIpc) is 3.05. The second-order valence-corrected chi connectivity index (χ2v) is 4.82. The van der Waals surface area contributed by atoms with E-state index >= 15 is 0 Å². The van der Waals surface area contributed by atoms with Crippen LogP contribution in [0.5, 0.6) is 0 Å². The summed E-state index contributed by atoms with van der Waals surface area (Å²) in [5, 5.41) is 0. The molecule has 0 bridgehead atoms. The highest BCUT2D eigenvalue weighted by Gasteiger charge is 2.31. The van der Waals surface area contributed by atoms with Gasteiger partial charge in [0.15, 0.2) is 0 Å². The standard InChI is InChI=1S/C14H17N3O2/c1-19-9-13(18)17-8-4-7-12(17)14-15-10-5-2-3-6-11(10)16-14/h2-3,5-6,12H,4,7-9H2,1H3,(H,15,16). The quantitative estimate of drug-likeness (QED) is 0.915. The lowest BCUT2D eigenvalue weighted by Gasteiger charge is -2.22. The molecule has 1 aromatic carbocycles. The van der Waals surface area contributed by atoms with Gasteiger partial charge in [-0.1, -0.05) is 12.1 Å². The zero-order valence-electron chi connectivity index (χ0n) is 10.9. The largest absolute Gasteiger partial charge is 0.375 e. The Bertz CT molecular complexity index is 560. The maximum absolute atomic E-state index is 12.0. The predicted molar refractivity (Wildman–Crippen MR) is 71.7 cm³/mol. The molecule has 1 amide bonds. The summed E-state index contributed by atoms with van der Waals surface area (Å²) in [6.07, 6.45) is 1.96. The van der Waals surface area contributed by atoms with Crippen LogP contribution in [-0.4, -0.2) is 41.0 Å². The van der Waals surface area contributed by atoms with Crippen molar-refractivity contribution >= 4 is 16.9 Å². The first-order valence-corrected chi connectivity index (χ1v) is 6.52. The first-order chi connectivity index (χ1) is 9.29. The van der Waals surface area contributed by atoms with Crippen molar-refractivity contribution in [3.05, 3.63) is 30.1 Å². The van der Waals surface area contributed by atoms with Crippen LogP contribution in [0, 0.1) is 0 Å². The molecule has 1 aromatic heterocycles. The number of likely N-dealkylation sites (tertiary alicyclic amines) is 1. The van der Waals surface area contributed by atoms with Crippen molar-refractivity contribution in [3.8, 4) is 0 Å². The smallest absolute Gasteiger partial charge is 0.249 e. The van der Waals surface area contributed by atoms with Crippen LogP contribution in [0.2, 0.25) is 0 Å². The van der Waals surface area contributed by atoms with Gasteiger partial charge in [-0.2, -0.15) is 0 Å². The van der Waals surface area contributed by atoms with Crippen molar-refractivity contribution in [1.29, 1.82) is 0 Å². The Kier molecular flexibility index (Phi) is 3.21. The van der Waals surface area contributed by atoms with E-state index in [0.717, 1.165) is 36.2 Å². The molecule has 1 N–H and O–H groups in total. The van der Waals surface area contributed by atoms with E-state index < -0.39 is 0 Å². The van der Waals surface area contributed by atoms with Crippen LogP contribution in [0.25, 0.3) is 11.0 Å². The number of nitrogens with one attached hydrogen (secondary N) is 1. The zero-order chi connectivity index (χ0) is 13.2. The molecule has 1 aliphatic rings. The minimum absolute atomic E-state index is 0.0328. The number of carbonyl (C=O) groups excluding carboxylic acids is 1. The van der Waals surface area contributed by atoms with E-state index in [4.69, 9.17) is 4.74 Å². The summed E-state index contributed by atoms with van der Waals surface area (Å²) < 4.78 is 4.94. The second-order valence-electron chi connectivity index (χ2n) is 4.82. The first kappa shape index (κ1) is 12.2. The number of aromatic amines is 1. The van der Waals surface area contributed by atoms with Gasteiger partial charge in [0, 0.05) is 13.7 Å². The fourth-order valence-electron chi connectivity index (χ4n) is 2.69. The predicted octanol–water partition coefficient (Wildman–Crippen LogP) is 1.87. The number of amides is 1. The summed E-state index contributed by atoms with van der Waals surface area (Å²) in [7, 11) is 1.55. The normalized spacial score (nSPS) is 19.2. The highest BCUT2D eigenvalue weighted by molar-refractivity contribution is 5.79. The number of imidazole rings is 1. The summed E-state index contributed by atoms with van der Waals surface area (Å²) in [6, 6.07) is 7.98. The van der Waals surface area contributed by atoms with Crippen LogP contribution in [0.1, 0.15) is 24.7 Å². The molecule has 3 rings (SSSR count). The SMILES string of the molecule is COCC(=O)N1CCCC1c1nc2ccccc2[nH]1. The number of fused-ring (bicyclic) bond motifs is 1. The molecule has 19 heavy (non-hydrogen) atoms. The van der Waals surface area contributed by atoms with Gasteiger partial charge in [0.2, 0.25) is 5.91 Å². The number of carbonyl (C=O) groups is 1. The van der Waals surface area contributed by atoms with Crippen LogP contribution in [0.15, 0.2) is 24.3 Å². The van der Waals surface area contributed by atoms with Crippen LogP contribution >= 0.6 is 0 Å². The number of rotatable bonds is 3. The minimum atomic E-state index is 0.0328. The number of ether oxygens (including phenoxy) is 1. The Morgan fingerprint density at radius 2 is 2.37 bits per heavy atom. The lowest BCUT2D eigenvalue weighted by molar-refractivity contribution is -0.136. The highest BCUT2D eigenvalue weighted by Crippen LogP contribution is 2.31. The molecule has 100 valence electrons. The molecular weight excluding hydrogens is 242 g/mol. The first-order valence-electron chi connectivity index (χ1n) is 6.52. The third kappa shape index (κ3) is 2.21. The average molecular weight is 259 g/mol. The molecule has 5 nitrogen and oxygen atoms in total. The number of hydrogen-bond donors (Lipinski definition) is 1. The van der Waals surface area contributed by atoms with E-state index in [-0.39, 0.29) is 18.6 Å². The van der Waals surface area contributed by atoms with Crippen molar-refractivity contribution in [2.45, 2.75) is 18.9 Å². The van der Waals surface area contributed by atoms with E-state index in [1.807, 2.05) is 29.2 Å². The number of hydrogen-bond acceptors (Lipinski definition) is 3. The molecule has 0 spiro atoms. The van der Waals surface area contributed by atoms with Gasteiger partial charge in [-0.25, -0.2) is 4.98 Å². The van der Waals surface area contributed by atoms with Crippen LogP contribution in [0.4, 0.5) is 0 Å². The van der Waals surface area contributed by atoms with Crippen molar-refractivity contribution in [2.75, 3.05) is 20.3 Å². The number of H-pyrrole nitrogens is 1. The molecule has 0 saturated carbocycles. The fourth-order valence-corrected chi connectivity index (χ4v) is 2.69. The monoisotopic (exact) mass is 259 g/mol. The fraction of sp³-hybridized carbons (Fsp3) is 0.429.